The molecule has 0 saturated carbocycles. The second kappa shape index (κ2) is 23.5. The van der Waals surface area contributed by atoms with Gasteiger partial charge in [-0.15, -0.1) is 0 Å². The Balaban J connectivity index is 0.0000000919. The van der Waals surface area contributed by atoms with Gasteiger partial charge in [-0.05, 0) is 256 Å². The number of hydrogen-bond donors (Lipinski definition) is 0. The topological polar surface area (TPSA) is 0 Å². The Labute approximate surface area is 635 Å². The zero-order chi connectivity index (χ0) is 72.7. The molecule has 0 bridgehead atoms. The fraction of sp³-hybridized carbons (Fsp3) is 0.111. The predicted molar refractivity (Wildman–Crippen MR) is 449 cm³/mol. The van der Waals surface area contributed by atoms with Crippen LogP contribution in [0.2, 0.25) is 0 Å². The van der Waals surface area contributed by atoms with E-state index in [1.807, 2.05) is 0 Å². The highest BCUT2D eigenvalue weighted by atomic mass is 14.6. The highest BCUT2D eigenvalue weighted by molar-refractivity contribution is 6.01. The van der Waals surface area contributed by atoms with Crippen molar-refractivity contribution in [3.63, 3.8) is 0 Å². The van der Waals surface area contributed by atoms with Crippen molar-refractivity contribution in [1.29, 1.82) is 0 Å². The van der Waals surface area contributed by atoms with Crippen LogP contribution < -0.4 is 0 Å². The minimum absolute atomic E-state index is 0.199. The first-order valence-corrected chi connectivity index (χ1v) is 38.5. The Kier molecular flexibility index (Phi) is 13.9. The lowest BCUT2D eigenvalue weighted by Crippen LogP contribution is -2.27. The summed E-state index contributed by atoms with van der Waals surface area (Å²) in [7, 11) is 0. The molecule has 16 aromatic carbocycles. The smallest absolute Gasteiger partial charge is 0.0619 e. The Bertz CT molecular complexity index is 6100. The minimum atomic E-state index is -0.200. The molecule has 0 aliphatic heterocycles. The summed E-state index contributed by atoms with van der Waals surface area (Å²) < 4.78 is 0. The summed E-state index contributed by atoms with van der Waals surface area (Å²) in [5.74, 6) is 0. The van der Waals surface area contributed by atoms with Gasteiger partial charge in [0, 0.05) is 0 Å². The molecule has 0 aromatic heterocycles. The van der Waals surface area contributed by atoms with E-state index < -0.39 is 0 Å². The largest absolute Gasteiger partial charge is 0.0730 e. The van der Waals surface area contributed by atoms with E-state index in [9.17, 15) is 0 Å². The number of benzene rings is 16. The molecule has 0 atom stereocenters. The zero-order valence-electron chi connectivity index (χ0n) is 62.3. The normalized spacial score (nSPS) is 14.6. The van der Waals surface area contributed by atoms with Gasteiger partial charge in [0.15, 0.2) is 0 Å². The van der Waals surface area contributed by atoms with Gasteiger partial charge in [-0.1, -0.05) is 362 Å². The van der Waals surface area contributed by atoms with Crippen molar-refractivity contribution >= 4 is 0 Å². The summed E-state index contributed by atoms with van der Waals surface area (Å²) in [4.78, 5) is 0. The first-order chi connectivity index (χ1) is 52.9. The summed E-state index contributed by atoms with van der Waals surface area (Å²) in [6.45, 7) is 17.8. The van der Waals surface area contributed by atoms with Crippen molar-refractivity contribution in [1.82, 2.24) is 0 Å². The van der Waals surface area contributed by atoms with Crippen LogP contribution in [-0.2, 0) is 21.7 Å². The van der Waals surface area contributed by atoms with Crippen LogP contribution in [0.4, 0.5) is 0 Å². The van der Waals surface area contributed by atoms with Crippen LogP contribution in [0.3, 0.4) is 0 Å². The quantitative estimate of drug-likeness (QED) is 0.142. The number of hydrogen-bond acceptors (Lipinski definition) is 0. The Morgan fingerprint density at radius 3 is 0.630 bits per heavy atom. The lowest BCUT2D eigenvalue weighted by Gasteiger charge is -2.32. The van der Waals surface area contributed by atoms with Gasteiger partial charge in [0.05, 0.1) is 21.7 Å². The molecule has 0 N–H and O–H groups in total. The highest BCUT2D eigenvalue weighted by Crippen LogP contribution is 2.68. The Morgan fingerprint density at radius 2 is 0.333 bits per heavy atom. The van der Waals surface area contributed by atoms with E-state index >= 15 is 0 Å². The Morgan fingerprint density at radius 1 is 0.139 bits per heavy atom. The maximum atomic E-state index is 2.41. The van der Waals surface area contributed by atoms with Gasteiger partial charge < -0.3 is 0 Å². The summed E-state index contributed by atoms with van der Waals surface area (Å²) in [6, 6.07) is 127. The van der Waals surface area contributed by atoms with Crippen molar-refractivity contribution < 1.29 is 0 Å². The number of fused-ring (bicyclic) bond motifs is 40. The van der Waals surface area contributed by atoms with Crippen LogP contribution in [0.15, 0.2) is 340 Å². The highest BCUT2D eigenvalue weighted by Gasteiger charge is 2.56. The van der Waals surface area contributed by atoms with Crippen molar-refractivity contribution in [2.45, 2.75) is 77.0 Å². The molecule has 0 heteroatoms. The summed E-state index contributed by atoms with van der Waals surface area (Å²) in [5, 5.41) is 0. The molecule has 16 aromatic rings. The fourth-order valence-electron chi connectivity index (χ4n) is 22.0. The molecule has 4 spiro atoms. The van der Waals surface area contributed by atoms with Crippen LogP contribution >= 0.6 is 0 Å². The van der Waals surface area contributed by atoms with E-state index in [1.165, 1.54) is 223 Å². The average Bonchev–Trinajstić information content (AvgIpc) is 1.52. The molecule has 108 heavy (non-hydrogen) atoms. The maximum Gasteiger partial charge on any atom is 0.0730 e. The van der Waals surface area contributed by atoms with Gasteiger partial charge in [-0.25, -0.2) is 0 Å². The molecule has 24 rings (SSSR count). The van der Waals surface area contributed by atoms with Crippen LogP contribution in [0, 0.1) is 55.4 Å². The number of rotatable bonds is 0. The molecule has 0 unspecified atom stereocenters. The Hall–Kier alpha value is -12.5. The first kappa shape index (κ1) is 63.9. The molecule has 0 heterocycles. The van der Waals surface area contributed by atoms with Gasteiger partial charge >= 0.3 is 0 Å². The van der Waals surface area contributed by atoms with Gasteiger partial charge in [0.2, 0.25) is 0 Å². The third kappa shape index (κ3) is 8.25. The molecular formula is C108H80. The maximum absolute atomic E-state index is 2.41. The minimum Gasteiger partial charge on any atom is -0.0619 e. The van der Waals surface area contributed by atoms with Gasteiger partial charge in [0.1, 0.15) is 0 Å². The van der Waals surface area contributed by atoms with Gasteiger partial charge in [-0.3, -0.25) is 0 Å². The van der Waals surface area contributed by atoms with Gasteiger partial charge in [0.25, 0.3) is 0 Å². The van der Waals surface area contributed by atoms with Crippen molar-refractivity contribution in [3.05, 3.63) is 473 Å². The summed E-state index contributed by atoms with van der Waals surface area (Å²) >= 11 is 0. The van der Waals surface area contributed by atoms with E-state index in [1.54, 1.807) is 0 Å². The fourth-order valence-corrected chi connectivity index (χ4v) is 22.0. The standard InChI is InChI=1S/4C27H20/c1-17-9-7-13-21-19-11-3-5-15-23(19)27(25(17)21)24-16-6-4-12-20(24)22-14-8-10-18(2)26(22)27;1-17-9-7-15-23-25(17)19-11-3-5-13-21(19)27(23)22-14-6-4-12-20(22)26-18(2)10-8-16-24(26)27;1-17-11-13-21-19-7-3-5-9-23(19)27(25(21)15-17)24-10-6-4-8-20(24)22-14-12-18(2)16-26(22)27;1-17-11-13-21-22-14-12-18(2)16-26(22)27(25(21)15-17)23-9-5-3-7-19(23)20-8-4-6-10-24(20)27/h4*3-16H,1-2H3. The zero-order valence-corrected chi connectivity index (χ0v) is 62.3. The molecule has 8 aliphatic carbocycles. The molecule has 8 aliphatic rings. The van der Waals surface area contributed by atoms with Crippen molar-refractivity contribution in [2.24, 2.45) is 0 Å². The van der Waals surface area contributed by atoms with Crippen LogP contribution in [0.1, 0.15) is 134 Å². The predicted octanol–water partition coefficient (Wildman–Crippen LogP) is 26.6. The van der Waals surface area contributed by atoms with E-state index in [4.69, 9.17) is 0 Å². The third-order valence-corrected chi connectivity index (χ3v) is 25.9. The second-order valence-corrected chi connectivity index (χ2v) is 31.6. The van der Waals surface area contributed by atoms with E-state index in [0.717, 1.165) is 0 Å². The van der Waals surface area contributed by atoms with Crippen LogP contribution in [0.5, 0.6) is 0 Å². The summed E-state index contributed by atoms with van der Waals surface area (Å²) in [6.07, 6.45) is 0. The SMILES string of the molecule is Cc1ccc2c(c1)C1(c3ccccc3-2)c2ccccc2-c2ccc(C)cc21.Cc1ccc2c(c1)C1(c3ccccc3-c3ccccc31)c1cc(C)ccc1-2.Cc1cccc2c1-c1ccccc1C21c2ccccc2-c2c(C)cccc21.Cc1cccc2c1C1(c3ccccc3-2)c2ccccc2-c2cccc(C)c21. The van der Waals surface area contributed by atoms with E-state index in [2.05, 4.69) is 395 Å². The van der Waals surface area contributed by atoms with Crippen molar-refractivity contribution in [2.75, 3.05) is 0 Å². The second-order valence-electron chi connectivity index (χ2n) is 31.6. The molecule has 0 fully saturated rings. The number of aryl methyl sites for hydroxylation is 8. The molecule has 0 radical (unpaired) electrons. The van der Waals surface area contributed by atoms with E-state index in [-0.39, 0.29) is 21.7 Å². The van der Waals surface area contributed by atoms with Crippen LogP contribution in [-0.4, -0.2) is 0 Å². The average molecular weight is 1380 g/mol. The molecule has 0 amide bonds. The molecule has 0 saturated heterocycles. The lowest BCUT2D eigenvalue weighted by atomic mass is 9.68. The monoisotopic (exact) mass is 1380 g/mol. The third-order valence-electron chi connectivity index (χ3n) is 25.9. The molecule has 512 valence electrons. The van der Waals surface area contributed by atoms with Gasteiger partial charge in [-0.2, -0.15) is 0 Å². The summed E-state index contributed by atoms with van der Waals surface area (Å²) in [5.41, 5.74) is 54.9. The molecule has 0 nitrogen and oxygen atoms in total. The first-order valence-electron chi connectivity index (χ1n) is 38.5. The lowest BCUT2D eigenvalue weighted by molar-refractivity contribution is 0.779. The van der Waals surface area contributed by atoms with Crippen molar-refractivity contribution in [3.8, 4) is 89.0 Å². The van der Waals surface area contributed by atoms with E-state index in [0.29, 0.717) is 0 Å². The van der Waals surface area contributed by atoms with Crippen LogP contribution in [0.25, 0.3) is 89.0 Å². The molecular weight excluding hydrogens is 1300 g/mol.